The third kappa shape index (κ3) is 9.63. The molecule has 0 bridgehead atoms. The summed E-state index contributed by atoms with van der Waals surface area (Å²) in [5, 5.41) is 0. The normalized spacial score (nSPS) is 13.9. The molecule has 174 valence electrons. The minimum absolute atomic E-state index is 0.125. The summed E-state index contributed by atoms with van der Waals surface area (Å²) in [6, 6.07) is 0. The van der Waals surface area contributed by atoms with E-state index in [0.29, 0.717) is 0 Å². The summed E-state index contributed by atoms with van der Waals surface area (Å²) < 4.78 is 65.0. The van der Waals surface area contributed by atoms with Gasteiger partial charge in [-0.2, -0.15) is 0 Å². The van der Waals surface area contributed by atoms with Gasteiger partial charge in [-0.3, -0.25) is 27.1 Å². The van der Waals surface area contributed by atoms with Crippen LogP contribution in [0.1, 0.15) is 27.7 Å². The number of carbonyl (C=O) groups excluding carboxylic acids is 2. The first-order valence-electron chi connectivity index (χ1n) is 8.93. The van der Waals surface area contributed by atoms with Gasteiger partial charge in [0, 0.05) is 0 Å². The standard InChI is InChI=1S/C16H28O12P2/c1-7-21-15(17)13(27-29(19,23-9-3)24-10-4)14(16(18)22-8-2)28-30(20,25-11-5)26-12-6/h7-8,13-14H,1-2,9-12H2,3-6H3. The fourth-order valence-electron chi connectivity index (χ4n) is 1.85. The van der Waals surface area contributed by atoms with Crippen LogP contribution in [-0.4, -0.2) is 50.6 Å². The fourth-order valence-corrected chi connectivity index (χ4v) is 4.46. The van der Waals surface area contributed by atoms with Crippen LogP contribution in [0, 0.1) is 0 Å². The first-order chi connectivity index (χ1) is 14.2. The molecule has 0 N–H and O–H groups in total. The van der Waals surface area contributed by atoms with Crippen molar-refractivity contribution in [2.24, 2.45) is 0 Å². The minimum Gasteiger partial charge on any atom is -0.433 e. The van der Waals surface area contributed by atoms with Crippen molar-refractivity contribution >= 4 is 27.6 Å². The van der Waals surface area contributed by atoms with Crippen molar-refractivity contribution in [2.45, 2.75) is 39.9 Å². The number of rotatable bonds is 17. The van der Waals surface area contributed by atoms with Crippen LogP contribution in [0.4, 0.5) is 0 Å². The molecule has 0 rings (SSSR count). The van der Waals surface area contributed by atoms with E-state index in [4.69, 9.17) is 27.1 Å². The third-order valence-electron chi connectivity index (χ3n) is 2.77. The number of esters is 2. The second-order valence-corrected chi connectivity index (χ2v) is 8.07. The van der Waals surface area contributed by atoms with Crippen LogP contribution in [0.25, 0.3) is 0 Å². The molecule has 0 aliphatic carbocycles. The second-order valence-electron chi connectivity index (χ2n) is 4.82. The lowest BCUT2D eigenvalue weighted by molar-refractivity contribution is -0.165. The molecule has 0 aliphatic rings. The van der Waals surface area contributed by atoms with E-state index < -0.39 is 39.8 Å². The number of phosphoric acid groups is 2. The Morgan fingerprint density at radius 2 is 0.967 bits per heavy atom. The zero-order chi connectivity index (χ0) is 23.2. The molecule has 14 heteroatoms. The highest BCUT2D eigenvalue weighted by Crippen LogP contribution is 2.54. The van der Waals surface area contributed by atoms with E-state index in [2.05, 4.69) is 22.6 Å². The van der Waals surface area contributed by atoms with Gasteiger partial charge in [0.05, 0.1) is 39.0 Å². The molecule has 2 atom stereocenters. The highest BCUT2D eigenvalue weighted by molar-refractivity contribution is 7.49. The predicted octanol–water partition coefficient (Wildman–Crippen LogP) is 3.49. The Morgan fingerprint density at radius 1 is 0.700 bits per heavy atom. The van der Waals surface area contributed by atoms with Crippen molar-refractivity contribution in [3.05, 3.63) is 25.7 Å². The number of hydrogen-bond donors (Lipinski definition) is 0. The number of carbonyl (C=O) groups is 2. The molecule has 0 amide bonds. The smallest absolute Gasteiger partial charge is 0.433 e. The topological polar surface area (TPSA) is 142 Å². The van der Waals surface area contributed by atoms with Gasteiger partial charge in [-0.25, -0.2) is 18.7 Å². The van der Waals surface area contributed by atoms with Crippen molar-refractivity contribution < 1.29 is 55.3 Å². The molecule has 0 radical (unpaired) electrons. The van der Waals surface area contributed by atoms with Gasteiger partial charge >= 0.3 is 27.6 Å². The lowest BCUT2D eigenvalue weighted by Crippen LogP contribution is -2.44. The van der Waals surface area contributed by atoms with Gasteiger partial charge in [-0.05, 0) is 27.7 Å². The molecule has 0 spiro atoms. The molecule has 0 saturated heterocycles. The molecule has 0 heterocycles. The highest BCUT2D eigenvalue weighted by Gasteiger charge is 2.48. The molecule has 2 unspecified atom stereocenters. The van der Waals surface area contributed by atoms with Crippen LogP contribution < -0.4 is 0 Å². The molecular formula is C16H28O12P2. The molecule has 0 aromatic heterocycles. The van der Waals surface area contributed by atoms with Crippen LogP contribution in [0.2, 0.25) is 0 Å². The summed E-state index contributed by atoms with van der Waals surface area (Å²) in [5.41, 5.74) is 0. The van der Waals surface area contributed by atoms with Gasteiger partial charge in [0.25, 0.3) is 0 Å². The summed E-state index contributed by atoms with van der Waals surface area (Å²) in [6.45, 7) is 11.9. The van der Waals surface area contributed by atoms with E-state index in [-0.39, 0.29) is 26.4 Å². The Labute approximate surface area is 175 Å². The lowest BCUT2D eigenvalue weighted by atomic mass is 10.2. The van der Waals surface area contributed by atoms with E-state index in [9.17, 15) is 18.7 Å². The summed E-state index contributed by atoms with van der Waals surface area (Å²) in [6.07, 6.45) is -2.81. The maximum Gasteiger partial charge on any atom is 0.475 e. The molecule has 12 nitrogen and oxygen atoms in total. The van der Waals surface area contributed by atoms with Gasteiger partial charge in [0.1, 0.15) is 0 Å². The van der Waals surface area contributed by atoms with Crippen molar-refractivity contribution in [1.82, 2.24) is 0 Å². The van der Waals surface area contributed by atoms with Crippen LogP contribution >= 0.6 is 15.6 Å². The SMILES string of the molecule is C=COC(=O)C(OP(=O)(OCC)OCC)C(OP(=O)(OCC)OCC)C(=O)OC=C. The van der Waals surface area contributed by atoms with E-state index in [1.165, 1.54) is 27.7 Å². The Balaban J connectivity index is 6.25. The molecule has 0 aromatic carbocycles. The Bertz CT molecular complexity index is 589. The Kier molecular flexibility index (Phi) is 13.9. The molecule has 0 aromatic rings. The first kappa shape index (κ1) is 28.6. The number of ether oxygens (including phenoxy) is 2. The molecule has 0 aliphatic heterocycles. The zero-order valence-corrected chi connectivity index (χ0v) is 19.1. The predicted molar refractivity (Wildman–Crippen MR) is 104 cm³/mol. The zero-order valence-electron chi connectivity index (χ0n) is 17.3. The summed E-state index contributed by atoms with van der Waals surface area (Å²) in [7, 11) is -8.76. The Morgan fingerprint density at radius 3 is 1.17 bits per heavy atom. The Hall–Kier alpha value is -1.36. The minimum atomic E-state index is -4.38. The first-order valence-corrected chi connectivity index (χ1v) is 11.9. The van der Waals surface area contributed by atoms with Crippen molar-refractivity contribution in [1.29, 1.82) is 0 Å². The molecule has 30 heavy (non-hydrogen) atoms. The van der Waals surface area contributed by atoms with Gasteiger partial charge in [-0.15, -0.1) is 0 Å². The van der Waals surface area contributed by atoms with Crippen LogP contribution in [0.3, 0.4) is 0 Å². The average Bonchev–Trinajstić information content (AvgIpc) is 2.66. The van der Waals surface area contributed by atoms with Crippen molar-refractivity contribution in [3.8, 4) is 0 Å². The summed E-state index contributed by atoms with van der Waals surface area (Å²) >= 11 is 0. The monoisotopic (exact) mass is 474 g/mol. The van der Waals surface area contributed by atoms with Crippen molar-refractivity contribution in [3.63, 3.8) is 0 Å². The second kappa shape index (κ2) is 14.6. The maximum absolute atomic E-state index is 12.8. The van der Waals surface area contributed by atoms with Crippen molar-refractivity contribution in [2.75, 3.05) is 26.4 Å². The highest BCUT2D eigenvalue weighted by atomic mass is 31.2. The van der Waals surface area contributed by atoms with Gasteiger partial charge < -0.3 is 9.47 Å². The maximum atomic E-state index is 12.8. The van der Waals surface area contributed by atoms with E-state index in [1.807, 2.05) is 0 Å². The van der Waals surface area contributed by atoms with Crippen LogP contribution in [0.5, 0.6) is 0 Å². The lowest BCUT2D eigenvalue weighted by Gasteiger charge is -2.28. The van der Waals surface area contributed by atoms with Crippen LogP contribution in [-0.2, 0) is 55.3 Å². The van der Waals surface area contributed by atoms with E-state index >= 15 is 0 Å². The van der Waals surface area contributed by atoms with E-state index in [0.717, 1.165) is 12.5 Å². The van der Waals surface area contributed by atoms with Gasteiger partial charge in [0.15, 0.2) is 0 Å². The molecule has 0 saturated carbocycles. The van der Waals surface area contributed by atoms with E-state index in [1.54, 1.807) is 0 Å². The van der Waals surface area contributed by atoms with Gasteiger partial charge in [-0.1, -0.05) is 13.2 Å². The average molecular weight is 474 g/mol. The largest absolute Gasteiger partial charge is 0.475 e. The fraction of sp³-hybridized carbons (Fsp3) is 0.625. The summed E-state index contributed by atoms with van der Waals surface area (Å²) in [5.74, 6) is -2.59. The van der Waals surface area contributed by atoms with Crippen LogP contribution in [0.15, 0.2) is 25.7 Å². The quantitative estimate of drug-likeness (QED) is 0.173. The number of phosphoric ester groups is 2. The molecule has 0 fully saturated rings. The number of hydrogen-bond acceptors (Lipinski definition) is 12. The third-order valence-corrected chi connectivity index (χ3v) is 6.04. The van der Waals surface area contributed by atoms with Gasteiger partial charge in [0.2, 0.25) is 12.2 Å². The summed E-state index contributed by atoms with van der Waals surface area (Å²) in [4.78, 5) is 24.9. The molecular weight excluding hydrogens is 446 g/mol.